The van der Waals surface area contributed by atoms with Crippen molar-refractivity contribution in [1.82, 2.24) is 14.5 Å². The molecule has 1 aromatic carbocycles. The van der Waals surface area contributed by atoms with E-state index in [1.54, 1.807) is 19.6 Å². The Labute approximate surface area is 133 Å². The van der Waals surface area contributed by atoms with E-state index in [9.17, 15) is 0 Å². The Morgan fingerprint density at radius 3 is 2.91 bits per heavy atom. The molecule has 0 amide bonds. The number of hydrogen-bond donors (Lipinski definition) is 0. The summed E-state index contributed by atoms with van der Waals surface area (Å²) < 4.78 is 12.8. The minimum atomic E-state index is 0.661. The predicted molar refractivity (Wildman–Crippen MR) is 86.9 cm³/mol. The van der Waals surface area contributed by atoms with Crippen LogP contribution >= 0.6 is 0 Å². The van der Waals surface area contributed by atoms with Gasteiger partial charge in [0.25, 0.3) is 0 Å². The standard InChI is InChI=1S/C18H15N3O2/c1-22-14-6-2-5-13(11-14)12-16-20-15-7-3-9-19-18(15)21(16)17-8-4-10-23-17/h2-11H,12H2,1H3. The van der Waals surface area contributed by atoms with Gasteiger partial charge in [-0.3, -0.25) is 0 Å². The molecular formula is C18H15N3O2. The van der Waals surface area contributed by atoms with Gasteiger partial charge in [0.15, 0.2) is 5.65 Å². The topological polar surface area (TPSA) is 53.1 Å². The molecule has 5 heteroatoms. The molecule has 3 heterocycles. The first-order valence-corrected chi connectivity index (χ1v) is 7.34. The molecule has 0 saturated heterocycles. The zero-order chi connectivity index (χ0) is 15.6. The van der Waals surface area contributed by atoms with Gasteiger partial charge in [0, 0.05) is 18.7 Å². The van der Waals surface area contributed by atoms with Crippen molar-refractivity contribution >= 4 is 11.2 Å². The first-order chi connectivity index (χ1) is 11.3. The Hall–Kier alpha value is -3.08. The van der Waals surface area contributed by atoms with Gasteiger partial charge in [-0.05, 0) is 35.9 Å². The van der Waals surface area contributed by atoms with Crippen LogP contribution < -0.4 is 4.74 Å². The summed E-state index contributed by atoms with van der Waals surface area (Å²) in [6, 6.07) is 15.6. The van der Waals surface area contributed by atoms with Crippen LogP contribution in [0, 0.1) is 0 Å². The highest BCUT2D eigenvalue weighted by Crippen LogP contribution is 2.23. The largest absolute Gasteiger partial charge is 0.497 e. The van der Waals surface area contributed by atoms with Gasteiger partial charge in [0.05, 0.1) is 13.4 Å². The molecule has 0 aliphatic heterocycles. The smallest absolute Gasteiger partial charge is 0.206 e. The van der Waals surface area contributed by atoms with E-state index in [1.807, 2.05) is 47.0 Å². The summed E-state index contributed by atoms with van der Waals surface area (Å²) in [6.45, 7) is 0. The highest BCUT2D eigenvalue weighted by Gasteiger charge is 2.15. The highest BCUT2D eigenvalue weighted by atomic mass is 16.5. The summed E-state index contributed by atoms with van der Waals surface area (Å²) in [5.74, 6) is 2.42. The summed E-state index contributed by atoms with van der Waals surface area (Å²) in [4.78, 5) is 9.17. The van der Waals surface area contributed by atoms with Crippen molar-refractivity contribution in [2.24, 2.45) is 0 Å². The normalized spacial score (nSPS) is 11.0. The minimum Gasteiger partial charge on any atom is -0.497 e. The van der Waals surface area contributed by atoms with E-state index in [0.29, 0.717) is 12.3 Å². The molecule has 5 nitrogen and oxygen atoms in total. The maximum Gasteiger partial charge on any atom is 0.206 e. The number of rotatable bonds is 4. The van der Waals surface area contributed by atoms with E-state index < -0.39 is 0 Å². The van der Waals surface area contributed by atoms with Crippen LogP contribution in [0.1, 0.15) is 11.4 Å². The molecule has 0 atom stereocenters. The molecule has 4 rings (SSSR count). The third-order valence-electron chi connectivity index (χ3n) is 3.71. The molecular weight excluding hydrogens is 290 g/mol. The number of hydrogen-bond acceptors (Lipinski definition) is 4. The number of ether oxygens (including phenoxy) is 1. The average molecular weight is 305 g/mol. The van der Waals surface area contributed by atoms with Gasteiger partial charge in [-0.2, -0.15) is 0 Å². The van der Waals surface area contributed by atoms with Gasteiger partial charge in [0.1, 0.15) is 17.1 Å². The third kappa shape index (κ3) is 2.46. The second-order valence-electron chi connectivity index (χ2n) is 5.19. The average Bonchev–Trinajstić information content (AvgIpc) is 3.21. The van der Waals surface area contributed by atoms with Crippen molar-refractivity contribution in [2.75, 3.05) is 7.11 Å². The van der Waals surface area contributed by atoms with E-state index in [0.717, 1.165) is 28.3 Å². The van der Waals surface area contributed by atoms with Crippen LogP contribution in [-0.4, -0.2) is 21.6 Å². The van der Waals surface area contributed by atoms with Crippen molar-refractivity contribution in [3.05, 3.63) is 72.4 Å². The molecule has 0 fully saturated rings. The number of nitrogens with zero attached hydrogens (tertiary/aromatic N) is 3. The van der Waals surface area contributed by atoms with E-state index in [-0.39, 0.29) is 0 Å². The van der Waals surface area contributed by atoms with Crippen LogP contribution in [0.15, 0.2) is 65.4 Å². The highest BCUT2D eigenvalue weighted by molar-refractivity contribution is 5.73. The number of pyridine rings is 1. The summed E-state index contributed by atoms with van der Waals surface area (Å²) in [7, 11) is 1.67. The molecule has 0 saturated carbocycles. The molecule has 23 heavy (non-hydrogen) atoms. The second-order valence-corrected chi connectivity index (χ2v) is 5.19. The number of methoxy groups -OCH3 is 1. The molecule has 0 radical (unpaired) electrons. The Kier molecular flexibility index (Phi) is 3.31. The monoisotopic (exact) mass is 305 g/mol. The van der Waals surface area contributed by atoms with Crippen molar-refractivity contribution in [3.8, 4) is 11.6 Å². The van der Waals surface area contributed by atoms with Crippen LogP contribution in [0.25, 0.3) is 17.0 Å². The van der Waals surface area contributed by atoms with Gasteiger partial charge in [-0.1, -0.05) is 12.1 Å². The Morgan fingerprint density at radius 2 is 2.09 bits per heavy atom. The zero-order valence-electron chi connectivity index (χ0n) is 12.6. The van der Waals surface area contributed by atoms with Gasteiger partial charge in [-0.15, -0.1) is 0 Å². The SMILES string of the molecule is COc1cccc(Cc2nc3cccnc3n2-c2ccco2)c1. The van der Waals surface area contributed by atoms with Crippen molar-refractivity contribution in [3.63, 3.8) is 0 Å². The Bertz CT molecular complexity index is 942. The van der Waals surface area contributed by atoms with Crippen molar-refractivity contribution < 1.29 is 9.15 Å². The van der Waals surface area contributed by atoms with Gasteiger partial charge in [0.2, 0.25) is 5.88 Å². The summed E-state index contributed by atoms with van der Waals surface area (Å²) in [5.41, 5.74) is 2.76. The predicted octanol–water partition coefficient (Wildman–Crippen LogP) is 3.61. The fraction of sp³-hybridized carbons (Fsp3) is 0.111. The lowest BCUT2D eigenvalue weighted by Gasteiger charge is -2.07. The van der Waals surface area contributed by atoms with Crippen LogP contribution in [0.2, 0.25) is 0 Å². The molecule has 114 valence electrons. The van der Waals surface area contributed by atoms with Gasteiger partial charge < -0.3 is 9.15 Å². The van der Waals surface area contributed by atoms with E-state index >= 15 is 0 Å². The Balaban J connectivity index is 1.84. The lowest BCUT2D eigenvalue weighted by Crippen LogP contribution is -2.02. The molecule has 4 aromatic rings. The second kappa shape index (κ2) is 5.61. The number of furan rings is 1. The van der Waals surface area contributed by atoms with Gasteiger partial charge >= 0.3 is 0 Å². The summed E-state index contributed by atoms with van der Waals surface area (Å²) >= 11 is 0. The Morgan fingerprint density at radius 1 is 1.13 bits per heavy atom. The van der Waals surface area contributed by atoms with Crippen LogP contribution in [0.4, 0.5) is 0 Å². The van der Waals surface area contributed by atoms with Gasteiger partial charge in [-0.25, -0.2) is 14.5 Å². The van der Waals surface area contributed by atoms with Crippen molar-refractivity contribution in [1.29, 1.82) is 0 Å². The maximum absolute atomic E-state index is 5.57. The number of benzene rings is 1. The molecule has 0 N–H and O–H groups in total. The first kappa shape index (κ1) is 13.6. The lowest BCUT2D eigenvalue weighted by molar-refractivity contribution is 0.414. The quantitative estimate of drug-likeness (QED) is 0.578. The van der Waals surface area contributed by atoms with E-state index in [1.165, 1.54) is 0 Å². The van der Waals surface area contributed by atoms with Crippen LogP contribution in [-0.2, 0) is 6.42 Å². The number of fused-ring (bicyclic) bond motifs is 1. The van der Waals surface area contributed by atoms with Crippen LogP contribution in [0.5, 0.6) is 5.75 Å². The van der Waals surface area contributed by atoms with Crippen molar-refractivity contribution in [2.45, 2.75) is 6.42 Å². The fourth-order valence-corrected chi connectivity index (χ4v) is 2.67. The lowest BCUT2D eigenvalue weighted by atomic mass is 10.1. The minimum absolute atomic E-state index is 0.661. The maximum atomic E-state index is 5.57. The number of aromatic nitrogens is 3. The number of imidazole rings is 1. The van der Waals surface area contributed by atoms with Crippen LogP contribution in [0.3, 0.4) is 0 Å². The molecule has 0 aliphatic rings. The van der Waals surface area contributed by atoms with E-state index in [2.05, 4.69) is 11.1 Å². The first-order valence-electron chi connectivity index (χ1n) is 7.34. The van der Waals surface area contributed by atoms with E-state index in [4.69, 9.17) is 14.1 Å². The zero-order valence-corrected chi connectivity index (χ0v) is 12.6. The molecule has 0 spiro atoms. The molecule has 3 aromatic heterocycles. The fourth-order valence-electron chi connectivity index (χ4n) is 2.67. The molecule has 0 aliphatic carbocycles. The summed E-state index contributed by atoms with van der Waals surface area (Å²) in [5, 5.41) is 0. The third-order valence-corrected chi connectivity index (χ3v) is 3.71. The summed E-state index contributed by atoms with van der Waals surface area (Å²) in [6.07, 6.45) is 4.08. The molecule has 0 bridgehead atoms. The molecule has 0 unspecified atom stereocenters.